The van der Waals surface area contributed by atoms with Crippen LogP contribution in [0.1, 0.15) is 13.3 Å². The maximum Gasteiger partial charge on any atom is 0.334 e. The summed E-state index contributed by atoms with van der Waals surface area (Å²) in [5.74, 6) is -1.27. The van der Waals surface area contributed by atoms with Crippen LogP contribution >= 0.6 is 0 Å². The van der Waals surface area contributed by atoms with E-state index in [4.69, 9.17) is 5.11 Å². The Morgan fingerprint density at radius 1 is 1.64 bits per heavy atom. The zero-order valence-electron chi connectivity index (χ0n) is 6.27. The van der Waals surface area contributed by atoms with Crippen molar-refractivity contribution in [2.75, 3.05) is 6.26 Å². The summed E-state index contributed by atoms with van der Waals surface area (Å²) in [5, 5.41) is 8.35. The van der Waals surface area contributed by atoms with E-state index in [9.17, 15) is 13.2 Å². The molecule has 0 aliphatic rings. The first-order valence-corrected chi connectivity index (χ1v) is 4.79. The number of carbonyl (C=O) groups is 1. The molecular formula is C5H10O5S. The average Bonchev–Trinajstić information content (AvgIpc) is 1.80. The van der Waals surface area contributed by atoms with Gasteiger partial charge in [-0.3, -0.25) is 4.18 Å². The molecule has 0 unspecified atom stereocenters. The molecule has 0 amide bonds. The maximum absolute atomic E-state index is 10.4. The fourth-order valence-corrected chi connectivity index (χ4v) is 1.14. The predicted molar refractivity (Wildman–Crippen MR) is 37.6 cm³/mol. The van der Waals surface area contributed by atoms with Crippen molar-refractivity contribution in [2.24, 2.45) is 0 Å². The molecule has 0 rings (SSSR count). The van der Waals surface area contributed by atoms with Gasteiger partial charge < -0.3 is 5.11 Å². The topological polar surface area (TPSA) is 80.7 Å². The van der Waals surface area contributed by atoms with Crippen LogP contribution in [0, 0.1) is 0 Å². The quantitative estimate of drug-likeness (QED) is 0.610. The first-order valence-electron chi connectivity index (χ1n) is 2.98. The van der Waals surface area contributed by atoms with Crippen LogP contribution in [0.3, 0.4) is 0 Å². The van der Waals surface area contributed by atoms with Crippen LogP contribution < -0.4 is 0 Å². The van der Waals surface area contributed by atoms with Crippen LogP contribution in [0.5, 0.6) is 0 Å². The molecule has 0 spiro atoms. The lowest BCUT2D eigenvalue weighted by Crippen LogP contribution is -2.25. The molecule has 0 aromatic rings. The van der Waals surface area contributed by atoms with E-state index in [1.165, 1.54) is 6.92 Å². The van der Waals surface area contributed by atoms with Gasteiger partial charge in [0.2, 0.25) is 0 Å². The number of hydrogen-bond acceptors (Lipinski definition) is 4. The highest BCUT2D eigenvalue weighted by atomic mass is 32.2. The summed E-state index contributed by atoms with van der Waals surface area (Å²) in [7, 11) is -3.66. The standard InChI is InChI=1S/C5H10O5S/c1-3-4(5(6)7)10-11(2,8)9/h4H,3H2,1-2H3,(H,6,7)/t4-/m0/s1. The molecule has 0 aliphatic heterocycles. The van der Waals surface area contributed by atoms with Crippen LogP contribution in [0.25, 0.3) is 0 Å². The van der Waals surface area contributed by atoms with Crippen molar-refractivity contribution in [3.8, 4) is 0 Å². The minimum absolute atomic E-state index is 0.127. The van der Waals surface area contributed by atoms with Gasteiger partial charge in [0, 0.05) is 0 Å². The van der Waals surface area contributed by atoms with Gasteiger partial charge >= 0.3 is 5.97 Å². The SMILES string of the molecule is CC[C@H](OS(C)(=O)=O)C(=O)O. The molecule has 1 atom stereocenters. The third-order valence-corrected chi connectivity index (χ3v) is 1.52. The highest BCUT2D eigenvalue weighted by Gasteiger charge is 2.20. The molecule has 0 aromatic carbocycles. The monoisotopic (exact) mass is 182 g/mol. The third-order valence-electron chi connectivity index (χ3n) is 0.937. The van der Waals surface area contributed by atoms with Crippen LogP contribution in [-0.2, 0) is 19.1 Å². The maximum atomic E-state index is 10.4. The minimum atomic E-state index is -3.66. The van der Waals surface area contributed by atoms with E-state index in [1.54, 1.807) is 0 Å². The number of carboxylic acids is 1. The summed E-state index contributed by atoms with van der Waals surface area (Å²) < 4.78 is 25.1. The highest BCUT2D eigenvalue weighted by Crippen LogP contribution is 2.01. The number of aliphatic carboxylic acids is 1. The van der Waals surface area contributed by atoms with Gasteiger partial charge in [-0.05, 0) is 6.42 Å². The zero-order chi connectivity index (χ0) is 9.07. The van der Waals surface area contributed by atoms with Crippen LogP contribution in [-0.4, -0.2) is 31.9 Å². The van der Waals surface area contributed by atoms with E-state index >= 15 is 0 Å². The van der Waals surface area contributed by atoms with E-state index in [1.807, 2.05) is 0 Å². The normalized spacial score (nSPS) is 14.4. The first-order chi connectivity index (χ1) is 4.87. The Labute approximate surface area is 65.1 Å². The fourth-order valence-electron chi connectivity index (χ4n) is 0.495. The van der Waals surface area contributed by atoms with Crippen molar-refractivity contribution < 1.29 is 22.5 Å². The molecule has 66 valence electrons. The molecule has 0 saturated carbocycles. The van der Waals surface area contributed by atoms with Crippen LogP contribution in [0.15, 0.2) is 0 Å². The Kier molecular flexibility index (Phi) is 3.47. The van der Waals surface area contributed by atoms with Crippen molar-refractivity contribution in [1.82, 2.24) is 0 Å². The molecule has 0 bridgehead atoms. The molecule has 11 heavy (non-hydrogen) atoms. The second-order valence-corrected chi connectivity index (χ2v) is 3.64. The Morgan fingerprint density at radius 2 is 2.09 bits per heavy atom. The van der Waals surface area contributed by atoms with Crippen molar-refractivity contribution in [2.45, 2.75) is 19.4 Å². The Morgan fingerprint density at radius 3 is 2.18 bits per heavy atom. The smallest absolute Gasteiger partial charge is 0.334 e. The lowest BCUT2D eigenvalue weighted by Gasteiger charge is -2.07. The summed E-state index contributed by atoms with van der Waals surface area (Å²) in [4.78, 5) is 10.2. The average molecular weight is 182 g/mol. The van der Waals surface area contributed by atoms with Gasteiger partial charge in [-0.2, -0.15) is 8.42 Å². The molecule has 0 saturated heterocycles. The van der Waals surface area contributed by atoms with Gasteiger partial charge in [0.25, 0.3) is 10.1 Å². The van der Waals surface area contributed by atoms with Gasteiger partial charge in [-0.15, -0.1) is 0 Å². The second-order valence-electron chi connectivity index (χ2n) is 2.04. The highest BCUT2D eigenvalue weighted by molar-refractivity contribution is 7.86. The predicted octanol–water partition coefficient (Wildman–Crippen LogP) is -0.174. The van der Waals surface area contributed by atoms with Crippen molar-refractivity contribution in [3.05, 3.63) is 0 Å². The van der Waals surface area contributed by atoms with E-state index < -0.39 is 22.2 Å². The van der Waals surface area contributed by atoms with E-state index in [-0.39, 0.29) is 6.42 Å². The molecule has 0 aliphatic carbocycles. The minimum Gasteiger partial charge on any atom is -0.479 e. The van der Waals surface area contributed by atoms with Gasteiger partial charge in [0.1, 0.15) is 0 Å². The summed E-state index contributed by atoms with van der Waals surface area (Å²) in [5.41, 5.74) is 0. The van der Waals surface area contributed by atoms with Gasteiger partial charge in [0.05, 0.1) is 6.26 Å². The van der Waals surface area contributed by atoms with Crippen LogP contribution in [0.2, 0.25) is 0 Å². The second kappa shape index (κ2) is 3.68. The lowest BCUT2D eigenvalue weighted by atomic mass is 10.3. The number of hydrogen-bond donors (Lipinski definition) is 1. The first kappa shape index (κ1) is 10.4. The molecule has 6 heteroatoms. The third kappa shape index (κ3) is 4.74. The molecule has 5 nitrogen and oxygen atoms in total. The zero-order valence-corrected chi connectivity index (χ0v) is 7.09. The van der Waals surface area contributed by atoms with Gasteiger partial charge in [-0.25, -0.2) is 4.79 Å². The van der Waals surface area contributed by atoms with Crippen molar-refractivity contribution in [3.63, 3.8) is 0 Å². The molecule has 0 radical (unpaired) electrons. The van der Waals surface area contributed by atoms with E-state index in [0.717, 1.165) is 6.26 Å². The van der Waals surface area contributed by atoms with Crippen LogP contribution in [0.4, 0.5) is 0 Å². The molecular weight excluding hydrogens is 172 g/mol. The molecule has 0 aromatic heterocycles. The lowest BCUT2D eigenvalue weighted by molar-refractivity contribution is -0.145. The Bertz CT molecular complexity index is 229. The number of carboxylic acid groups (broad SMARTS) is 1. The molecule has 0 fully saturated rings. The van der Waals surface area contributed by atoms with Crippen molar-refractivity contribution in [1.29, 1.82) is 0 Å². The van der Waals surface area contributed by atoms with Crippen molar-refractivity contribution >= 4 is 16.1 Å². The van der Waals surface area contributed by atoms with Gasteiger partial charge in [0.15, 0.2) is 6.10 Å². The summed E-state index contributed by atoms with van der Waals surface area (Å²) >= 11 is 0. The Hall–Kier alpha value is -0.620. The molecule has 0 heterocycles. The summed E-state index contributed by atoms with van der Waals surface area (Å²) in [6.07, 6.45) is -0.314. The van der Waals surface area contributed by atoms with Gasteiger partial charge in [-0.1, -0.05) is 6.92 Å². The fraction of sp³-hybridized carbons (Fsp3) is 0.800. The van der Waals surface area contributed by atoms with E-state index in [0.29, 0.717) is 0 Å². The summed E-state index contributed by atoms with van der Waals surface area (Å²) in [6, 6.07) is 0. The summed E-state index contributed by atoms with van der Waals surface area (Å²) in [6.45, 7) is 1.53. The Balaban J connectivity index is 4.22. The van der Waals surface area contributed by atoms with E-state index in [2.05, 4.69) is 4.18 Å². The molecule has 1 N–H and O–H groups in total. The largest absolute Gasteiger partial charge is 0.479 e. The number of rotatable bonds is 4.